The summed E-state index contributed by atoms with van der Waals surface area (Å²) < 4.78 is 0.998. The quantitative estimate of drug-likeness (QED) is 0.716. The maximum absolute atomic E-state index is 12.0. The topological polar surface area (TPSA) is 20.3 Å². The lowest BCUT2D eigenvalue weighted by Gasteiger charge is -2.23. The summed E-state index contributed by atoms with van der Waals surface area (Å²) in [6.45, 7) is 1.56. The largest absolute Gasteiger partial charge is 0.335 e. The van der Waals surface area contributed by atoms with Gasteiger partial charge in [0.15, 0.2) is 0 Å². The highest BCUT2D eigenvalue weighted by molar-refractivity contribution is 9.10. The summed E-state index contributed by atoms with van der Waals surface area (Å²) in [4.78, 5) is 13.9. The van der Waals surface area contributed by atoms with Crippen LogP contribution in [0.1, 0.15) is 16.8 Å². The van der Waals surface area contributed by atoms with Crippen LogP contribution in [0.2, 0.25) is 0 Å². The summed E-state index contributed by atoms with van der Waals surface area (Å²) in [5, 5.41) is 0. The molecule has 1 aliphatic heterocycles. The molecule has 1 aliphatic rings. The van der Waals surface area contributed by atoms with Crippen LogP contribution in [0.4, 0.5) is 0 Å². The van der Waals surface area contributed by atoms with Gasteiger partial charge >= 0.3 is 0 Å². The zero-order chi connectivity index (χ0) is 10.7. The number of amides is 1. The summed E-state index contributed by atoms with van der Waals surface area (Å²) in [6, 6.07) is 7.50. The zero-order valence-corrected chi connectivity index (χ0v) is 9.90. The molecule has 15 heavy (non-hydrogen) atoms. The van der Waals surface area contributed by atoms with E-state index in [0.29, 0.717) is 0 Å². The van der Waals surface area contributed by atoms with Crippen molar-refractivity contribution in [2.75, 3.05) is 13.1 Å². The molecule has 1 amide bonds. The Labute approximate surface area is 97.7 Å². The summed E-state index contributed by atoms with van der Waals surface area (Å²) in [6.07, 6.45) is 5.12. The van der Waals surface area contributed by atoms with Crippen LogP contribution in [0.3, 0.4) is 0 Å². The van der Waals surface area contributed by atoms with E-state index in [1.165, 1.54) is 0 Å². The van der Waals surface area contributed by atoms with Crippen LogP contribution in [-0.4, -0.2) is 23.9 Å². The highest BCUT2D eigenvalue weighted by Crippen LogP contribution is 2.13. The SMILES string of the molecule is O=C(c1ccc(Br)cc1)N1CC=CCC1. The molecular formula is C12H12BrNO. The fourth-order valence-electron chi connectivity index (χ4n) is 1.60. The van der Waals surface area contributed by atoms with Crippen molar-refractivity contribution in [1.82, 2.24) is 4.90 Å². The molecule has 0 aliphatic carbocycles. The maximum atomic E-state index is 12.0. The third-order valence-corrected chi connectivity index (χ3v) is 2.97. The molecule has 2 nitrogen and oxygen atoms in total. The molecule has 0 unspecified atom stereocenters. The number of nitrogens with zero attached hydrogens (tertiary/aromatic N) is 1. The number of carbonyl (C=O) groups excluding carboxylic acids is 1. The second-order valence-corrected chi connectivity index (χ2v) is 4.43. The first-order valence-electron chi connectivity index (χ1n) is 4.97. The lowest BCUT2D eigenvalue weighted by molar-refractivity contribution is 0.0771. The van der Waals surface area contributed by atoms with Crippen molar-refractivity contribution in [2.24, 2.45) is 0 Å². The standard InChI is InChI=1S/C12H12BrNO/c13-11-6-4-10(5-7-11)12(15)14-8-2-1-3-9-14/h1-2,4-7H,3,8-9H2. The molecule has 0 N–H and O–H groups in total. The van der Waals surface area contributed by atoms with E-state index in [1.54, 1.807) is 0 Å². The van der Waals surface area contributed by atoms with Gasteiger partial charge in [0.2, 0.25) is 0 Å². The second-order valence-electron chi connectivity index (χ2n) is 3.52. The Morgan fingerprint density at radius 1 is 1.20 bits per heavy atom. The van der Waals surface area contributed by atoms with Crippen molar-refractivity contribution >= 4 is 21.8 Å². The van der Waals surface area contributed by atoms with E-state index in [1.807, 2.05) is 35.2 Å². The van der Waals surface area contributed by atoms with E-state index in [0.717, 1.165) is 29.5 Å². The normalized spacial score (nSPS) is 15.4. The van der Waals surface area contributed by atoms with Gasteiger partial charge in [0.05, 0.1) is 0 Å². The first-order valence-corrected chi connectivity index (χ1v) is 5.76. The van der Waals surface area contributed by atoms with Gasteiger partial charge in [-0.3, -0.25) is 4.79 Å². The molecule has 3 heteroatoms. The number of benzene rings is 1. The van der Waals surface area contributed by atoms with Crippen molar-refractivity contribution in [2.45, 2.75) is 6.42 Å². The molecule has 0 bridgehead atoms. The van der Waals surface area contributed by atoms with Gasteiger partial charge in [-0.25, -0.2) is 0 Å². The van der Waals surface area contributed by atoms with Crippen LogP contribution in [0, 0.1) is 0 Å². The highest BCUT2D eigenvalue weighted by atomic mass is 79.9. The minimum atomic E-state index is 0.117. The average molecular weight is 266 g/mol. The van der Waals surface area contributed by atoms with Crippen molar-refractivity contribution < 1.29 is 4.79 Å². The Balaban J connectivity index is 2.13. The lowest BCUT2D eigenvalue weighted by Crippen LogP contribution is -2.33. The van der Waals surface area contributed by atoms with Gasteiger partial charge < -0.3 is 4.90 Å². The van der Waals surface area contributed by atoms with E-state index >= 15 is 0 Å². The summed E-state index contributed by atoms with van der Waals surface area (Å²) in [7, 11) is 0. The number of carbonyl (C=O) groups is 1. The van der Waals surface area contributed by atoms with E-state index in [9.17, 15) is 4.79 Å². The number of rotatable bonds is 1. The fraction of sp³-hybridized carbons (Fsp3) is 0.250. The minimum Gasteiger partial charge on any atom is -0.335 e. The highest BCUT2D eigenvalue weighted by Gasteiger charge is 2.15. The Bertz CT molecular complexity index is 383. The second kappa shape index (κ2) is 4.62. The minimum absolute atomic E-state index is 0.117. The molecule has 0 saturated heterocycles. The molecule has 1 heterocycles. The monoisotopic (exact) mass is 265 g/mol. The van der Waals surface area contributed by atoms with E-state index in [-0.39, 0.29) is 5.91 Å². The molecule has 1 aromatic rings. The van der Waals surface area contributed by atoms with Crippen LogP contribution >= 0.6 is 15.9 Å². The smallest absolute Gasteiger partial charge is 0.254 e. The molecule has 2 rings (SSSR count). The molecule has 0 spiro atoms. The van der Waals surface area contributed by atoms with Gasteiger partial charge in [-0.2, -0.15) is 0 Å². The Kier molecular flexibility index (Phi) is 3.21. The molecule has 0 saturated carbocycles. The lowest BCUT2D eigenvalue weighted by atomic mass is 10.1. The molecule has 0 aromatic heterocycles. The van der Waals surface area contributed by atoms with Crippen molar-refractivity contribution in [3.05, 3.63) is 46.5 Å². The molecule has 0 atom stereocenters. The Hall–Kier alpha value is -1.09. The Morgan fingerprint density at radius 2 is 1.93 bits per heavy atom. The molecule has 78 valence electrons. The van der Waals surface area contributed by atoms with Gasteiger partial charge in [0.25, 0.3) is 5.91 Å². The number of halogens is 1. The van der Waals surface area contributed by atoms with E-state index in [2.05, 4.69) is 22.0 Å². The third kappa shape index (κ3) is 2.48. The first-order chi connectivity index (χ1) is 7.27. The van der Waals surface area contributed by atoms with E-state index in [4.69, 9.17) is 0 Å². The van der Waals surface area contributed by atoms with Crippen molar-refractivity contribution in [3.63, 3.8) is 0 Å². The summed E-state index contributed by atoms with van der Waals surface area (Å²) >= 11 is 3.35. The molecule has 0 fully saturated rings. The first kappa shape index (κ1) is 10.4. The Morgan fingerprint density at radius 3 is 2.53 bits per heavy atom. The number of hydrogen-bond acceptors (Lipinski definition) is 1. The predicted octanol–water partition coefficient (Wildman–Crippen LogP) is 2.85. The third-order valence-electron chi connectivity index (χ3n) is 2.44. The van der Waals surface area contributed by atoms with Crippen molar-refractivity contribution in [3.8, 4) is 0 Å². The van der Waals surface area contributed by atoms with Crippen LogP contribution in [0.15, 0.2) is 40.9 Å². The van der Waals surface area contributed by atoms with Crippen LogP contribution in [0.5, 0.6) is 0 Å². The fourth-order valence-corrected chi connectivity index (χ4v) is 1.87. The molecular weight excluding hydrogens is 254 g/mol. The van der Waals surface area contributed by atoms with Crippen molar-refractivity contribution in [1.29, 1.82) is 0 Å². The van der Waals surface area contributed by atoms with Crippen LogP contribution in [0.25, 0.3) is 0 Å². The van der Waals surface area contributed by atoms with Crippen LogP contribution in [-0.2, 0) is 0 Å². The van der Waals surface area contributed by atoms with Gasteiger partial charge in [-0.05, 0) is 30.7 Å². The van der Waals surface area contributed by atoms with E-state index < -0.39 is 0 Å². The zero-order valence-electron chi connectivity index (χ0n) is 8.32. The molecule has 0 radical (unpaired) electrons. The molecule has 1 aromatic carbocycles. The van der Waals surface area contributed by atoms with Gasteiger partial charge in [0, 0.05) is 23.1 Å². The average Bonchev–Trinajstić information content (AvgIpc) is 2.30. The van der Waals surface area contributed by atoms with Gasteiger partial charge in [0.1, 0.15) is 0 Å². The number of hydrogen-bond donors (Lipinski definition) is 0. The summed E-state index contributed by atoms with van der Waals surface area (Å²) in [5.74, 6) is 0.117. The maximum Gasteiger partial charge on any atom is 0.254 e. The van der Waals surface area contributed by atoms with Gasteiger partial charge in [-0.15, -0.1) is 0 Å². The predicted molar refractivity (Wildman–Crippen MR) is 63.8 cm³/mol. The van der Waals surface area contributed by atoms with Gasteiger partial charge in [-0.1, -0.05) is 28.1 Å². The van der Waals surface area contributed by atoms with Crippen LogP contribution < -0.4 is 0 Å². The summed E-state index contributed by atoms with van der Waals surface area (Å²) in [5.41, 5.74) is 0.758.